The van der Waals surface area contributed by atoms with Crippen molar-refractivity contribution in [1.29, 1.82) is 0 Å². The van der Waals surface area contributed by atoms with Crippen LogP contribution in [0.2, 0.25) is 0 Å². The Morgan fingerprint density at radius 2 is 2.00 bits per heavy atom. The van der Waals surface area contributed by atoms with Crippen LogP contribution in [0.5, 0.6) is 0 Å². The lowest BCUT2D eigenvalue weighted by molar-refractivity contribution is -0.133. The summed E-state index contributed by atoms with van der Waals surface area (Å²) in [6.07, 6.45) is 0.852. The van der Waals surface area contributed by atoms with Gasteiger partial charge in [-0.05, 0) is 13.3 Å². The van der Waals surface area contributed by atoms with Crippen LogP contribution >= 0.6 is 12.4 Å². The van der Waals surface area contributed by atoms with Crippen LogP contribution in [-0.4, -0.2) is 80.6 Å². The van der Waals surface area contributed by atoms with Crippen molar-refractivity contribution in [3.05, 3.63) is 0 Å². The van der Waals surface area contributed by atoms with Gasteiger partial charge in [0.15, 0.2) is 0 Å². The zero-order valence-electron chi connectivity index (χ0n) is 12.8. The van der Waals surface area contributed by atoms with E-state index >= 15 is 0 Å². The van der Waals surface area contributed by atoms with Crippen LogP contribution in [0, 0.1) is 0 Å². The fourth-order valence-electron chi connectivity index (χ4n) is 2.29. The Bertz CT molecular complexity index is 331. The molecule has 0 aromatic carbocycles. The first kappa shape index (κ1) is 20.1. The van der Waals surface area contributed by atoms with Gasteiger partial charge in [-0.1, -0.05) is 0 Å². The van der Waals surface area contributed by atoms with Crippen molar-refractivity contribution in [2.24, 2.45) is 5.73 Å². The quantitative estimate of drug-likeness (QED) is 0.658. The molecule has 21 heavy (non-hydrogen) atoms. The fraction of sp³-hybridized carbons (Fsp3) is 0.846. The number of rotatable bonds is 6. The van der Waals surface area contributed by atoms with E-state index in [1.54, 1.807) is 4.90 Å². The Morgan fingerprint density at radius 1 is 1.29 bits per heavy atom. The zero-order chi connectivity index (χ0) is 15.0. The number of ether oxygens (including phenoxy) is 1. The van der Waals surface area contributed by atoms with E-state index < -0.39 is 6.04 Å². The van der Waals surface area contributed by atoms with Gasteiger partial charge in [0, 0.05) is 39.8 Å². The highest BCUT2D eigenvalue weighted by atomic mass is 35.5. The van der Waals surface area contributed by atoms with Crippen LogP contribution < -0.4 is 11.1 Å². The van der Waals surface area contributed by atoms with Crippen LogP contribution in [0.15, 0.2) is 0 Å². The molecule has 1 heterocycles. The first-order valence-electron chi connectivity index (χ1n) is 7.10. The third kappa shape index (κ3) is 7.08. The zero-order valence-corrected chi connectivity index (χ0v) is 13.7. The SMILES string of the molecule is CCNC(=O)CN1CCCN(C(=O)C(N)COC)CC1.Cl. The molecule has 0 saturated carbocycles. The fourth-order valence-corrected chi connectivity index (χ4v) is 2.29. The molecule has 0 bridgehead atoms. The highest BCUT2D eigenvalue weighted by Gasteiger charge is 2.24. The Hall–Kier alpha value is -0.890. The van der Waals surface area contributed by atoms with Crippen LogP contribution in [0.1, 0.15) is 13.3 Å². The first-order chi connectivity index (χ1) is 9.58. The molecule has 1 saturated heterocycles. The minimum Gasteiger partial charge on any atom is -0.383 e. The maximum Gasteiger partial charge on any atom is 0.241 e. The molecule has 1 atom stereocenters. The molecule has 3 N–H and O–H groups in total. The Labute approximate surface area is 132 Å². The number of carbonyl (C=O) groups is 2. The van der Waals surface area contributed by atoms with Crippen molar-refractivity contribution in [3.63, 3.8) is 0 Å². The lowest BCUT2D eigenvalue weighted by Crippen LogP contribution is -2.47. The second kappa shape index (κ2) is 10.8. The summed E-state index contributed by atoms with van der Waals surface area (Å²) in [7, 11) is 1.53. The lowest BCUT2D eigenvalue weighted by atomic mass is 10.2. The number of hydrogen-bond donors (Lipinski definition) is 2. The summed E-state index contributed by atoms with van der Waals surface area (Å²) in [4.78, 5) is 27.5. The van der Waals surface area contributed by atoms with Crippen molar-refractivity contribution in [2.45, 2.75) is 19.4 Å². The van der Waals surface area contributed by atoms with Crippen molar-refractivity contribution < 1.29 is 14.3 Å². The van der Waals surface area contributed by atoms with E-state index in [0.717, 1.165) is 13.0 Å². The maximum absolute atomic E-state index is 12.1. The summed E-state index contributed by atoms with van der Waals surface area (Å²) in [6, 6.07) is -0.602. The van der Waals surface area contributed by atoms with Crippen molar-refractivity contribution in [2.75, 3.05) is 53.0 Å². The molecule has 8 heteroatoms. The molecule has 1 aliphatic rings. The Balaban J connectivity index is 0.00000400. The molecule has 124 valence electrons. The summed E-state index contributed by atoms with van der Waals surface area (Å²) in [5, 5.41) is 2.78. The van der Waals surface area contributed by atoms with Gasteiger partial charge in [-0.25, -0.2) is 0 Å². The van der Waals surface area contributed by atoms with E-state index in [1.165, 1.54) is 7.11 Å². The lowest BCUT2D eigenvalue weighted by Gasteiger charge is -2.24. The van der Waals surface area contributed by atoms with Crippen LogP contribution in [0.3, 0.4) is 0 Å². The monoisotopic (exact) mass is 322 g/mol. The first-order valence-corrected chi connectivity index (χ1v) is 7.10. The molecular weight excluding hydrogens is 296 g/mol. The number of carbonyl (C=O) groups excluding carboxylic acids is 2. The number of halogens is 1. The van der Waals surface area contributed by atoms with Gasteiger partial charge >= 0.3 is 0 Å². The molecule has 0 aromatic heterocycles. The van der Waals surface area contributed by atoms with Crippen molar-refractivity contribution in [3.8, 4) is 0 Å². The molecule has 0 radical (unpaired) electrons. The molecule has 0 spiro atoms. The number of hydrogen-bond acceptors (Lipinski definition) is 5. The summed E-state index contributed by atoms with van der Waals surface area (Å²) in [5.74, 6) is -0.0462. The standard InChI is InChI=1S/C13H26N4O3.ClH/c1-3-15-12(18)9-16-5-4-6-17(8-7-16)13(19)11(14)10-20-2;/h11H,3-10,14H2,1-2H3,(H,15,18);1H. The molecule has 7 nitrogen and oxygen atoms in total. The molecule has 0 aliphatic carbocycles. The number of amides is 2. The van der Waals surface area contributed by atoms with Gasteiger partial charge in [0.1, 0.15) is 6.04 Å². The van der Waals surface area contributed by atoms with E-state index in [0.29, 0.717) is 32.7 Å². The summed E-state index contributed by atoms with van der Waals surface area (Å²) < 4.78 is 4.91. The van der Waals surface area contributed by atoms with Crippen LogP contribution in [0.4, 0.5) is 0 Å². The summed E-state index contributed by atoms with van der Waals surface area (Å²) in [6.45, 7) is 5.97. The topological polar surface area (TPSA) is 87.9 Å². The third-order valence-corrected chi connectivity index (χ3v) is 3.30. The second-order valence-corrected chi connectivity index (χ2v) is 4.97. The highest BCUT2D eigenvalue weighted by Crippen LogP contribution is 2.04. The van der Waals surface area contributed by atoms with Gasteiger partial charge in [0.2, 0.25) is 11.8 Å². The predicted octanol–water partition coefficient (Wildman–Crippen LogP) is -0.948. The molecular formula is C13H27ClN4O3. The van der Waals surface area contributed by atoms with Gasteiger partial charge in [-0.2, -0.15) is 0 Å². The van der Waals surface area contributed by atoms with Crippen LogP contribution in [-0.2, 0) is 14.3 Å². The number of methoxy groups -OCH3 is 1. The number of nitrogens with two attached hydrogens (primary N) is 1. The number of nitrogens with one attached hydrogen (secondary N) is 1. The average molecular weight is 323 g/mol. The number of likely N-dealkylation sites (N-methyl/N-ethyl adjacent to an activating group) is 1. The van der Waals surface area contributed by atoms with Gasteiger partial charge in [0.05, 0.1) is 13.2 Å². The van der Waals surface area contributed by atoms with E-state index in [4.69, 9.17) is 10.5 Å². The predicted molar refractivity (Wildman–Crippen MR) is 83.4 cm³/mol. The van der Waals surface area contributed by atoms with Crippen molar-refractivity contribution >= 4 is 24.2 Å². The van der Waals surface area contributed by atoms with E-state index in [1.807, 2.05) is 6.92 Å². The molecule has 1 aliphatic heterocycles. The maximum atomic E-state index is 12.1. The third-order valence-electron chi connectivity index (χ3n) is 3.30. The van der Waals surface area contributed by atoms with Crippen molar-refractivity contribution in [1.82, 2.24) is 15.1 Å². The van der Waals surface area contributed by atoms with Gasteiger partial charge in [0.25, 0.3) is 0 Å². The molecule has 0 aromatic rings. The largest absolute Gasteiger partial charge is 0.383 e. The van der Waals surface area contributed by atoms with Gasteiger partial charge in [-0.3, -0.25) is 14.5 Å². The summed E-state index contributed by atoms with van der Waals surface area (Å²) in [5.41, 5.74) is 5.77. The Morgan fingerprint density at radius 3 is 2.62 bits per heavy atom. The second-order valence-electron chi connectivity index (χ2n) is 4.97. The number of nitrogens with zero attached hydrogens (tertiary/aromatic N) is 2. The Kier molecular flexibility index (Phi) is 10.3. The molecule has 1 unspecified atom stereocenters. The normalized spacial score (nSPS) is 17.6. The van der Waals surface area contributed by atoms with Gasteiger partial charge < -0.3 is 20.7 Å². The average Bonchev–Trinajstić information content (AvgIpc) is 2.64. The molecule has 1 fully saturated rings. The minimum atomic E-state index is -0.602. The van der Waals surface area contributed by atoms with E-state index in [2.05, 4.69) is 10.2 Å². The van der Waals surface area contributed by atoms with E-state index in [9.17, 15) is 9.59 Å². The van der Waals surface area contributed by atoms with Gasteiger partial charge in [-0.15, -0.1) is 12.4 Å². The summed E-state index contributed by atoms with van der Waals surface area (Å²) >= 11 is 0. The van der Waals surface area contributed by atoms with Crippen LogP contribution in [0.25, 0.3) is 0 Å². The molecule has 2 amide bonds. The van der Waals surface area contributed by atoms with E-state index in [-0.39, 0.29) is 30.8 Å². The highest BCUT2D eigenvalue weighted by molar-refractivity contribution is 5.85. The smallest absolute Gasteiger partial charge is 0.241 e. The minimum absolute atomic E-state index is 0. The molecule has 1 rings (SSSR count).